The second-order valence-electron chi connectivity index (χ2n) is 7.07. The summed E-state index contributed by atoms with van der Waals surface area (Å²) in [6.07, 6.45) is 1.83. The van der Waals surface area contributed by atoms with Gasteiger partial charge in [0.25, 0.3) is 5.91 Å². The van der Waals surface area contributed by atoms with E-state index in [2.05, 4.69) is 27.9 Å². The molecule has 3 heterocycles. The van der Waals surface area contributed by atoms with E-state index in [9.17, 15) is 4.79 Å². The summed E-state index contributed by atoms with van der Waals surface area (Å²) in [6, 6.07) is 16.2. The summed E-state index contributed by atoms with van der Waals surface area (Å²) in [7, 11) is 0. The van der Waals surface area contributed by atoms with E-state index in [1.807, 2.05) is 60.5 Å². The molecule has 1 aliphatic rings. The van der Waals surface area contributed by atoms with Crippen LogP contribution in [0.25, 0.3) is 10.9 Å². The van der Waals surface area contributed by atoms with Crippen LogP contribution in [0.15, 0.2) is 54.7 Å². The Morgan fingerprint density at radius 3 is 2.52 bits per heavy atom. The maximum atomic E-state index is 13.1. The first-order valence-corrected chi connectivity index (χ1v) is 9.44. The molecular weight excluding hydrogens is 336 g/mol. The molecule has 3 aromatic rings. The third-order valence-electron chi connectivity index (χ3n) is 5.41. The lowest BCUT2D eigenvalue weighted by atomic mass is 10.1. The first kappa shape index (κ1) is 17.6. The summed E-state index contributed by atoms with van der Waals surface area (Å²) in [5, 5.41) is 1.01. The van der Waals surface area contributed by atoms with Gasteiger partial charge >= 0.3 is 0 Å². The van der Waals surface area contributed by atoms with Crippen LogP contribution in [0, 0.1) is 6.92 Å². The van der Waals surface area contributed by atoms with Gasteiger partial charge in [-0.05, 0) is 38.1 Å². The zero-order valence-electron chi connectivity index (χ0n) is 15.8. The van der Waals surface area contributed by atoms with Crippen LogP contribution >= 0.6 is 0 Å². The standard InChI is InChI=1S/C22H24N4O/c1-16-19(15-18-7-3-4-9-21(18)24-16)22(27)26-13-11-25(12-14-26)17(2)20-8-5-6-10-23-20/h3-10,15,17H,11-14H2,1-2H3/t17-/m1/s1. The number of hydrogen-bond donors (Lipinski definition) is 0. The van der Waals surface area contributed by atoms with E-state index in [-0.39, 0.29) is 11.9 Å². The van der Waals surface area contributed by atoms with Crippen molar-refractivity contribution >= 4 is 16.8 Å². The molecule has 1 aromatic carbocycles. The smallest absolute Gasteiger partial charge is 0.255 e. The number of pyridine rings is 2. The molecule has 138 valence electrons. The van der Waals surface area contributed by atoms with Gasteiger partial charge in [0.15, 0.2) is 0 Å². The molecule has 4 rings (SSSR count). The van der Waals surface area contributed by atoms with E-state index >= 15 is 0 Å². The normalized spacial score (nSPS) is 16.4. The predicted molar refractivity (Wildman–Crippen MR) is 107 cm³/mol. The molecule has 0 saturated carbocycles. The molecule has 1 aliphatic heterocycles. The molecule has 1 atom stereocenters. The lowest BCUT2D eigenvalue weighted by Gasteiger charge is -2.38. The lowest BCUT2D eigenvalue weighted by molar-refractivity contribution is 0.0578. The van der Waals surface area contributed by atoms with E-state index in [0.717, 1.165) is 48.5 Å². The number of aromatic nitrogens is 2. The average Bonchev–Trinajstić information content (AvgIpc) is 2.73. The number of amides is 1. The van der Waals surface area contributed by atoms with Crippen LogP contribution in [-0.2, 0) is 0 Å². The maximum Gasteiger partial charge on any atom is 0.255 e. The number of rotatable bonds is 3. The summed E-state index contributed by atoms with van der Waals surface area (Å²) < 4.78 is 0. The second-order valence-corrected chi connectivity index (χ2v) is 7.07. The van der Waals surface area contributed by atoms with Gasteiger partial charge in [0.05, 0.1) is 22.5 Å². The highest BCUT2D eigenvalue weighted by Gasteiger charge is 2.26. The number of para-hydroxylation sites is 1. The van der Waals surface area contributed by atoms with E-state index < -0.39 is 0 Å². The average molecular weight is 360 g/mol. The molecule has 1 saturated heterocycles. The fraction of sp³-hybridized carbons (Fsp3) is 0.318. The summed E-state index contributed by atoms with van der Waals surface area (Å²) in [5.41, 5.74) is 3.51. The fourth-order valence-electron chi connectivity index (χ4n) is 3.72. The SMILES string of the molecule is Cc1nc2ccccc2cc1C(=O)N1CCN([C@H](C)c2ccccn2)CC1. The zero-order valence-corrected chi connectivity index (χ0v) is 15.8. The number of nitrogens with zero attached hydrogens (tertiary/aromatic N) is 4. The molecular formula is C22H24N4O. The molecule has 5 nitrogen and oxygen atoms in total. The number of aryl methyl sites for hydroxylation is 1. The van der Waals surface area contributed by atoms with Crippen molar-refractivity contribution < 1.29 is 4.79 Å². The van der Waals surface area contributed by atoms with Crippen molar-refractivity contribution in [2.45, 2.75) is 19.9 Å². The Morgan fingerprint density at radius 1 is 1.04 bits per heavy atom. The van der Waals surface area contributed by atoms with Gasteiger partial charge in [-0.2, -0.15) is 0 Å². The predicted octanol–water partition coefficient (Wildman–Crippen LogP) is 3.46. The van der Waals surface area contributed by atoms with Crippen LogP contribution in [0.4, 0.5) is 0 Å². The van der Waals surface area contributed by atoms with Crippen LogP contribution in [0.2, 0.25) is 0 Å². The van der Waals surface area contributed by atoms with Gasteiger partial charge < -0.3 is 4.90 Å². The molecule has 1 fully saturated rings. The number of piperazine rings is 1. The minimum Gasteiger partial charge on any atom is -0.336 e. The Bertz CT molecular complexity index is 949. The van der Waals surface area contributed by atoms with Crippen molar-refractivity contribution in [3.8, 4) is 0 Å². The third-order valence-corrected chi connectivity index (χ3v) is 5.41. The van der Waals surface area contributed by atoms with Crippen molar-refractivity contribution in [3.63, 3.8) is 0 Å². The van der Waals surface area contributed by atoms with Crippen LogP contribution in [0.5, 0.6) is 0 Å². The lowest BCUT2D eigenvalue weighted by Crippen LogP contribution is -2.49. The first-order chi connectivity index (χ1) is 13.1. The molecule has 0 unspecified atom stereocenters. The first-order valence-electron chi connectivity index (χ1n) is 9.44. The Kier molecular flexibility index (Phi) is 4.86. The Hall–Kier alpha value is -2.79. The molecule has 1 amide bonds. The zero-order chi connectivity index (χ0) is 18.8. The molecule has 0 radical (unpaired) electrons. The molecule has 0 spiro atoms. The minimum atomic E-state index is 0.0795. The fourth-order valence-corrected chi connectivity index (χ4v) is 3.72. The monoisotopic (exact) mass is 360 g/mol. The van der Waals surface area contributed by atoms with Gasteiger partial charge in [-0.3, -0.25) is 19.7 Å². The van der Waals surface area contributed by atoms with Gasteiger partial charge in [-0.25, -0.2) is 0 Å². The van der Waals surface area contributed by atoms with Gasteiger partial charge in [-0.1, -0.05) is 24.3 Å². The summed E-state index contributed by atoms with van der Waals surface area (Å²) in [4.78, 5) is 26.5. The molecule has 0 N–H and O–H groups in total. The quantitative estimate of drug-likeness (QED) is 0.718. The molecule has 0 bridgehead atoms. The third kappa shape index (κ3) is 3.55. The van der Waals surface area contributed by atoms with Crippen molar-refractivity contribution in [2.24, 2.45) is 0 Å². The van der Waals surface area contributed by atoms with Gasteiger partial charge in [0.2, 0.25) is 0 Å². The number of hydrogen-bond acceptors (Lipinski definition) is 4. The maximum absolute atomic E-state index is 13.1. The van der Waals surface area contributed by atoms with E-state index in [1.165, 1.54) is 0 Å². The van der Waals surface area contributed by atoms with Gasteiger partial charge in [-0.15, -0.1) is 0 Å². The molecule has 27 heavy (non-hydrogen) atoms. The highest BCUT2D eigenvalue weighted by atomic mass is 16.2. The second kappa shape index (κ2) is 7.45. The molecule has 2 aromatic heterocycles. The van der Waals surface area contributed by atoms with Crippen LogP contribution in [0.1, 0.15) is 34.7 Å². The summed E-state index contributed by atoms with van der Waals surface area (Å²) in [5.74, 6) is 0.0795. The van der Waals surface area contributed by atoms with E-state index in [0.29, 0.717) is 5.56 Å². The van der Waals surface area contributed by atoms with Crippen molar-refractivity contribution in [1.82, 2.24) is 19.8 Å². The van der Waals surface area contributed by atoms with Crippen molar-refractivity contribution in [1.29, 1.82) is 0 Å². The molecule has 0 aliphatic carbocycles. The largest absolute Gasteiger partial charge is 0.336 e. The Balaban J connectivity index is 1.47. The molecule has 5 heteroatoms. The van der Waals surface area contributed by atoms with Crippen molar-refractivity contribution in [3.05, 3.63) is 71.7 Å². The minimum absolute atomic E-state index is 0.0795. The topological polar surface area (TPSA) is 49.3 Å². The Morgan fingerprint density at radius 2 is 1.78 bits per heavy atom. The number of fused-ring (bicyclic) bond motifs is 1. The van der Waals surface area contributed by atoms with E-state index in [4.69, 9.17) is 0 Å². The number of benzene rings is 1. The Labute approximate surface area is 159 Å². The van der Waals surface area contributed by atoms with Crippen LogP contribution < -0.4 is 0 Å². The van der Waals surface area contributed by atoms with Crippen LogP contribution in [-0.4, -0.2) is 51.9 Å². The highest BCUT2D eigenvalue weighted by Crippen LogP contribution is 2.22. The number of carbonyl (C=O) groups excluding carboxylic acids is 1. The summed E-state index contributed by atoms with van der Waals surface area (Å²) in [6.45, 7) is 7.24. The van der Waals surface area contributed by atoms with Crippen molar-refractivity contribution in [2.75, 3.05) is 26.2 Å². The van der Waals surface area contributed by atoms with Gasteiger partial charge in [0.1, 0.15) is 0 Å². The van der Waals surface area contributed by atoms with Crippen LogP contribution in [0.3, 0.4) is 0 Å². The number of carbonyl (C=O) groups is 1. The van der Waals surface area contributed by atoms with Gasteiger partial charge in [0, 0.05) is 43.8 Å². The highest BCUT2D eigenvalue weighted by molar-refractivity contribution is 5.98. The summed E-state index contributed by atoms with van der Waals surface area (Å²) >= 11 is 0. The van der Waals surface area contributed by atoms with E-state index in [1.54, 1.807) is 0 Å².